The lowest BCUT2D eigenvalue weighted by Crippen LogP contribution is -2.65. The van der Waals surface area contributed by atoms with Crippen LogP contribution in [0.5, 0.6) is 0 Å². The molecular formula is C33H56O13. The maximum atomic E-state index is 13.6. The number of aliphatic hydroxyl groups is 5. The molecule has 13 heteroatoms. The Morgan fingerprint density at radius 3 is 1.74 bits per heavy atom. The molecule has 46 heavy (non-hydrogen) atoms. The summed E-state index contributed by atoms with van der Waals surface area (Å²) in [6, 6.07) is 0. The molecule has 0 saturated carbocycles. The lowest BCUT2D eigenvalue weighted by atomic mass is 9.89. The number of hydrogen-bond donors (Lipinski definition) is 5. The zero-order chi connectivity index (χ0) is 33.4. The van der Waals surface area contributed by atoms with Crippen molar-refractivity contribution in [3.63, 3.8) is 0 Å². The molecule has 0 aromatic heterocycles. The molecule has 0 aromatic carbocycles. The zero-order valence-electron chi connectivity index (χ0n) is 27.5. The average molecular weight is 661 g/mol. The van der Waals surface area contributed by atoms with Gasteiger partial charge in [-0.2, -0.15) is 0 Å². The topological polar surface area (TPSA) is 191 Å². The molecule has 4 aliphatic heterocycles. The predicted octanol–water partition coefficient (Wildman–Crippen LogP) is 1.86. The van der Waals surface area contributed by atoms with Crippen LogP contribution < -0.4 is 0 Å². The summed E-state index contributed by atoms with van der Waals surface area (Å²) in [4.78, 5) is 26.2. The van der Waals surface area contributed by atoms with Crippen molar-refractivity contribution in [1.82, 2.24) is 0 Å². The number of rotatable bonds is 1. The monoisotopic (exact) mass is 660 g/mol. The molecule has 0 unspecified atom stereocenters. The van der Waals surface area contributed by atoms with E-state index < -0.39 is 97.9 Å². The van der Waals surface area contributed by atoms with Crippen molar-refractivity contribution in [3.8, 4) is 0 Å². The van der Waals surface area contributed by atoms with Crippen LogP contribution in [-0.4, -0.2) is 118 Å². The Bertz CT molecular complexity index is 951. The number of carbonyl (C=O) groups is 2. The summed E-state index contributed by atoms with van der Waals surface area (Å²) < 4.78 is 35.3. The third kappa shape index (κ3) is 9.38. The molecule has 4 fully saturated rings. The molecular weight excluding hydrogens is 604 g/mol. The van der Waals surface area contributed by atoms with Crippen molar-refractivity contribution < 1.29 is 63.5 Å². The Hall–Kier alpha value is -1.42. The van der Waals surface area contributed by atoms with Gasteiger partial charge in [0, 0.05) is 0 Å². The Morgan fingerprint density at radius 1 is 0.587 bits per heavy atom. The van der Waals surface area contributed by atoms with Crippen LogP contribution in [0.25, 0.3) is 0 Å². The van der Waals surface area contributed by atoms with Crippen LogP contribution in [0.15, 0.2) is 0 Å². The molecule has 4 aliphatic rings. The molecule has 0 amide bonds. The standard InChI is InChI=1S/C33H56O13/c1-18-15-13-11-9-7-5-4-6-8-10-12-14-16-21-23(19(2)30(39)43-21)31(40)45-28-26(37)24(35)20(3)42-33(28)46-29-27(38)25(36)22(17-34)44-32(29)41-18/h18-29,32-38H,4-17H2,1-3H3/t18-,19+,20-,21-,22+,23+,24-,25+,26+,27-,28+,29+,32+,33-/m0/s1. The van der Waals surface area contributed by atoms with Crippen LogP contribution >= 0.6 is 0 Å². The number of carbonyl (C=O) groups excluding carboxylic acids is 2. The van der Waals surface area contributed by atoms with Crippen LogP contribution in [0.1, 0.15) is 104 Å². The van der Waals surface area contributed by atoms with Crippen LogP contribution in [0, 0.1) is 11.8 Å². The second kappa shape index (κ2) is 17.8. The van der Waals surface area contributed by atoms with Crippen LogP contribution in [-0.2, 0) is 38.0 Å². The summed E-state index contributed by atoms with van der Waals surface area (Å²) in [5.74, 6) is -3.02. The number of hydrogen-bond acceptors (Lipinski definition) is 13. The van der Waals surface area contributed by atoms with E-state index in [4.69, 9.17) is 28.4 Å². The first kappa shape index (κ1) is 37.4. The lowest BCUT2D eigenvalue weighted by molar-refractivity contribution is -0.369. The van der Waals surface area contributed by atoms with Crippen molar-refractivity contribution in [3.05, 3.63) is 0 Å². The summed E-state index contributed by atoms with van der Waals surface area (Å²) >= 11 is 0. The van der Waals surface area contributed by atoms with Gasteiger partial charge < -0.3 is 54.0 Å². The molecule has 0 aromatic rings. The SMILES string of the molecule is C[C@@H]1O[C@H]2O[C@H]3[C@H](O[C@@H](C)CCCCCCCCCCCCC[C@@H]4OC(=O)[C@H](C)[C@H]4C(=O)O[C@@H]2[C@H](O)[C@H]1O)O[C@H](CO)[C@@H](O)[C@@H]3O. The minimum Gasteiger partial charge on any atom is -0.461 e. The van der Waals surface area contributed by atoms with Gasteiger partial charge in [0.1, 0.15) is 48.6 Å². The van der Waals surface area contributed by atoms with Gasteiger partial charge in [-0.05, 0) is 33.1 Å². The van der Waals surface area contributed by atoms with Crippen molar-refractivity contribution in [2.45, 2.75) is 178 Å². The van der Waals surface area contributed by atoms with Crippen LogP contribution in [0.4, 0.5) is 0 Å². The molecule has 0 bridgehead atoms. The van der Waals surface area contributed by atoms with E-state index in [0.29, 0.717) is 12.8 Å². The van der Waals surface area contributed by atoms with Crippen molar-refractivity contribution in [2.24, 2.45) is 11.8 Å². The zero-order valence-corrected chi connectivity index (χ0v) is 27.5. The average Bonchev–Trinajstić information content (AvgIpc) is 3.31. The van der Waals surface area contributed by atoms with Gasteiger partial charge in [0.25, 0.3) is 0 Å². The van der Waals surface area contributed by atoms with Crippen molar-refractivity contribution >= 4 is 11.9 Å². The van der Waals surface area contributed by atoms with E-state index in [2.05, 4.69) is 0 Å². The first-order valence-electron chi connectivity index (χ1n) is 17.4. The number of ether oxygens (including phenoxy) is 6. The van der Waals surface area contributed by atoms with E-state index in [0.717, 1.165) is 44.9 Å². The number of esters is 2. The van der Waals surface area contributed by atoms with E-state index in [1.165, 1.54) is 32.6 Å². The van der Waals surface area contributed by atoms with Gasteiger partial charge in [-0.25, -0.2) is 0 Å². The molecule has 0 radical (unpaired) electrons. The minimum absolute atomic E-state index is 0.325. The molecule has 0 spiro atoms. The number of fused-ring (bicyclic) bond motifs is 3. The summed E-state index contributed by atoms with van der Waals surface area (Å²) in [6.45, 7) is 4.38. The van der Waals surface area contributed by atoms with Crippen LogP contribution in [0.2, 0.25) is 0 Å². The Balaban J connectivity index is 1.57. The Labute approximate surface area is 271 Å². The van der Waals surface area contributed by atoms with Gasteiger partial charge in [0.2, 0.25) is 0 Å². The molecule has 4 rings (SSSR count). The second-order valence-corrected chi connectivity index (χ2v) is 13.6. The van der Waals surface area contributed by atoms with Crippen molar-refractivity contribution in [1.29, 1.82) is 0 Å². The minimum atomic E-state index is -1.64. The van der Waals surface area contributed by atoms with E-state index in [1.54, 1.807) is 6.92 Å². The molecule has 266 valence electrons. The quantitative estimate of drug-likeness (QED) is 0.257. The van der Waals surface area contributed by atoms with E-state index in [-0.39, 0.29) is 6.10 Å². The van der Waals surface area contributed by atoms with Gasteiger partial charge in [-0.1, -0.05) is 71.1 Å². The molecule has 4 heterocycles. The molecule has 5 N–H and O–H groups in total. The van der Waals surface area contributed by atoms with Gasteiger partial charge in [-0.15, -0.1) is 0 Å². The maximum Gasteiger partial charge on any atom is 0.314 e. The highest BCUT2D eigenvalue weighted by atomic mass is 16.8. The largest absolute Gasteiger partial charge is 0.461 e. The maximum absolute atomic E-state index is 13.6. The molecule has 14 atom stereocenters. The highest BCUT2D eigenvalue weighted by molar-refractivity contribution is 5.85. The van der Waals surface area contributed by atoms with Gasteiger partial charge in [0.15, 0.2) is 18.7 Å². The highest BCUT2D eigenvalue weighted by Gasteiger charge is 2.54. The predicted molar refractivity (Wildman–Crippen MR) is 162 cm³/mol. The Morgan fingerprint density at radius 2 is 1.13 bits per heavy atom. The third-order valence-corrected chi connectivity index (χ3v) is 9.97. The Kier molecular flexibility index (Phi) is 14.5. The fourth-order valence-electron chi connectivity index (χ4n) is 6.97. The first-order valence-corrected chi connectivity index (χ1v) is 17.4. The van der Waals surface area contributed by atoms with E-state index in [9.17, 15) is 35.1 Å². The fourth-order valence-corrected chi connectivity index (χ4v) is 6.97. The molecule has 0 aliphatic carbocycles. The van der Waals surface area contributed by atoms with Crippen molar-refractivity contribution in [2.75, 3.05) is 6.61 Å². The number of aliphatic hydroxyl groups excluding tert-OH is 5. The smallest absolute Gasteiger partial charge is 0.314 e. The summed E-state index contributed by atoms with van der Waals surface area (Å²) in [6.07, 6.45) is -2.11. The lowest BCUT2D eigenvalue weighted by Gasteiger charge is -2.46. The first-order chi connectivity index (χ1) is 22.0. The van der Waals surface area contributed by atoms with E-state index >= 15 is 0 Å². The summed E-state index contributed by atoms with van der Waals surface area (Å²) in [5, 5.41) is 53.3. The normalized spacial score (nSPS) is 44.9. The van der Waals surface area contributed by atoms with Gasteiger partial charge in [-0.3, -0.25) is 9.59 Å². The van der Waals surface area contributed by atoms with Gasteiger partial charge >= 0.3 is 11.9 Å². The fraction of sp³-hybridized carbons (Fsp3) is 0.939. The second-order valence-electron chi connectivity index (χ2n) is 13.6. The summed E-state index contributed by atoms with van der Waals surface area (Å²) in [5.41, 5.74) is 0. The van der Waals surface area contributed by atoms with Gasteiger partial charge in [0.05, 0.1) is 24.7 Å². The molecule has 13 nitrogen and oxygen atoms in total. The molecule has 4 saturated heterocycles. The van der Waals surface area contributed by atoms with Crippen LogP contribution in [0.3, 0.4) is 0 Å². The highest BCUT2D eigenvalue weighted by Crippen LogP contribution is 2.36. The summed E-state index contributed by atoms with van der Waals surface area (Å²) in [7, 11) is 0. The van der Waals surface area contributed by atoms with E-state index in [1.807, 2.05) is 6.92 Å². The third-order valence-electron chi connectivity index (χ3n) is 9.97.